The number of hydrogen-bond donors (Lipinski definition) is 1. The molecular weight excluding hydrogens is 184 g/mol. The molecular formula is C6H5ClN2O3. The van der Waals surface area contributed by atoms with Gasteiger partial charge in [-0.2, -0.15) is 0 Å². The third-order valence-corrected chi connectivity index (χ3v) is 1.63. The van der Waals surface area contributed by atoms with Gasteiger partial charge in [0.2, 0.25) is 0 Å². The van der Waals surface area contributed by atoms with Crippen LogP contribution in [0.25, 0.3) is 0 Å². The highest BCUT2D eigenvalue weighted by Crippen LogP contribution is 2.13. The van der Waals surface area contributed by atoms with Gasteiger partial charge in [0, 0.05) is 6.20 Å². The van der Waals surface area contributed by atoms with Crippen LogP contribution in [0.1, 0.15) is 5.56 Å². The summed E-state index contributed by atoms with van der Waals surface area (Å²) in [7, 11) is 0. The third-order valence-electron chi connectivity index (χ3n) is 1.34. The van der Waals surface area contributed by atoms with Gasteiger partial charge in [0.25, 0.3) is 0 Å². The zero-order valence-corrected chi connectivity index (χ0v) is 6.67. The molecule has 0 radical (unpaired) electrons. The molecule has 0 aliphatic heterocycles. The van der Waals surface area contributed by atoms with Gasteiger partial charge >= 0.3 is 11.2 Å². The number of pyridine rings is 1. The normalized spacial score (nSPS) is 9.75. The zero-order valence-electron chi connectivity index (χ0n) is 5.91. The first-order chi connectivity index (χ1) is 5.66. The van der Waals surface area contributed by atoms with Crippen molar-refractivity contribution >= 4 is 17.3 Å². The monoisotopic (exact) mass is 188 g/mol. The fourth-order valence-electron chi connectivity index (χ4n) is 0.819. The standard InChI is InChI=1S/C6H5ClN2O3/c7-3-4-1-2-8-6(10)5(4)9(11)12/h1-2H,3H2,(H,8,10). The summed E-state index contributed by atoms with van der Waals surface area (Å²) in [6, 6.07) is 1.41. The Kier molecular flexibility index (Phi) is 2.44. The predicted octanol–water partition coefficient (Wildman–Crippen LogP) is 1.02. The molecule has 1 N–H and O–H groups in total. The fourth-order valence-corrected chi connectivity index (χ4v) is 1.03. The van der Waals surface area contributed by atoms with Crippen molar-refractivity contribution in [2.75, 3.05) is 0 Å². The van der Waals surface area contributed by atoms with E-state index in [0.717, 1.165) is 0 Å². The van der Waals surface area contributed by atoms with Crippen LogP contribution in [0.15, 0.2) is 17.1 Å². The number of alkyl halides is 1. The molecule has 0 unspecified atom stereocenters. The largest absolute Gasteiger partial charge is 0.338 e. The van der Waals surface area contributed by atoms with Crippen LogP contribution in [-0.2, 0) is 5.88 Å². The van der Waals surface area contributed by atoms with E-state index in [0.29, 0.717) is 0 Å². The number of nitrogens with zero attached hydrogens (tertiary/aromatic N) is 1. The van der Waals surface area contributed by atoms with E-state index in [1.165, 1.54) is 12.3 Å². The number of halogens is 1. The van der Waals surface area contributed by atoms with Gasteiger partial charge in [0.15, 0.2) is 0 Å². The number of hydrogen-bond acceptors (Lipinski definition) is 3. The Balaban J connectivity index is 3.40. The molecule has 0 aliphatic rings. The topological polar surface area (TPSA) is 76.0 Å². The second-order valence-corrected chi connectivity index (χ2v) is 2.34. The van der Waals surface area contributed by atoms with Gasteiger partial charge in [-0.25, -0.2) is 0 Å². The van der Waals surface area contributed by atoms with Crippen molar-refractivity contribution in [1.29, 1.82) is 0 Å². The molecule has 5 nitrogen and oxygen atoms in total. The van der Waals surface area contributed by atoms with Crippen LogP contribution in [0.4, 0.5) is 5.69 Å². The lowest BCUT2D eigenvalue weighted by Crippen LogP contribution is -2.12. The molecule has 0 spiro atoms. The first kappa shape index (κ1) is 8.73. The highest BCUT2D eigenvalue weighted by Gasteiger charge is 2.16. The molecule has 0 bridgehead atoms. The summed E-state index contributed by atoms with van der Waals surface area (Å²) in [5.41, 5.74) is -0.976. The smallest absolute Gasteiger partial charge is 0.323 e. The highest BCUT2D eigenvalue weighted by atomic mass is 35.5. The second kappa shape index (κ2) is 3.36. The van der Waals surface area contributed by atoms with Crippen molar-refractivity contribution in [3.63, 3.8) is 0 Å². The molecule has 0 atom stereocenters. The quantitative estimate of drug-likeness (QED) is 0.428. The van der Waals surface area contributed by atoms with Crippen LogP contribution in [0.2, 0.25) is 0 Å². The predicted molar refractivity (Wildman–Crippen MR) is 43.3 cm³/mol. The Morgan fingerprint density at radius 3 is 2.75 bits per heavy atom. The Morgan fingerprint density at radius 2 is 2.33 bits per heavy atom. The molecule has 1 heterocycles. The minimum absolute atomic E-state index is 0.0414. The Labute approximate surface area is 72.1 Å². The zero-order chi connectivity index (χ0) is 9.14. The molecule has 0 saturated heterocycles. The van der Waals surface area contributed by atoms with Crippen molar-refractivity contribution < 1.29 is 4.92 Å². The lowest BCUT2D eigenvalue weighted by atomic mass is 10.2. The van der Waals surface area contributed by atoms with Crippen LogP contribution in [0, 0.1) is 10.1 Å². The summed E-state index contributed by atoms with van der Waals surface area (Å²) in [6.45, 7) is 0. The molecule has 64 valence electrons. The molecule has 1 aromatic rings. The Bertz CT molecular complexity index is 360. The Hall–Kier alpha value is -1.36. The summed E-state index contributed by atoms with van der Waals surface area (Å²) in [6.07, 6.45) is 1.33. The van der Waals surface area contributed by atoms with Crippen LogP contribution in [0.5, 0.6) is 0 Å². The van der Waals surface area contributed by atoms with E-state index in [9.17, 15) is 14.9 Å². The SMILES string of the molecule is O=c1[nH]ccc(CCl)c1[N+](=O)[O-]. The molecule has 12 heavy (non-hydrogen) atoms. The van der Waals surface area contributed by atoms with Crippen molar-refractivity contribution in [1.82, 2.24) is 4.98 Å². The highest BCUT2D eigenvalue weighted by molar-refractivity contribution is 6.17. The van der Waals surface area contributed by atoms with E-state index in [-0.39, 0.29) is 11.4 Å². The van der Waals surface area contributed by atoms with Crippen molar-refractivity contribution in [3.05, 3.63) is 38.3 Å². The first-order valence-corrected chi connectivity index (χ1v) is 3.61. The number of nitro groups is 1. The van der Waals surface area contributed by atoms with Gasteiger partial charge in [-0.05, 0) is 6.07 Å². The summed E-state index contributed by atoms with van der Waals surface area (Å²) in [5.74, 6) is -0.0414. The second-order valence-electron chi connectivity index (χ2n) is 2.07. The average Bonchev–Trinajstić information content (AvgIpc) is 2.03. The lowest BCUT2D eigenvalue weighted by molar-refractivity contribution is -0.386. The van der Waals surface area contributed by atoms with E-state index in [1.807, 2.05) is 0 Å². The number of H-pyrrole nitrogens is 1. The van der Waals surface area contributed by atoms with E-state index in [4.69, 9.17) is 11.6 Å². The van der Waals surface area contributed by atoms with E-state index in [1.54, 1.807) is 0 Å². The number of aromatic amines is 1. The van der Waals surface area contributed by atoms with Crippen LogP contribution in [-0.4, -0.2) is 9.91 Å². The summed E-state index contributed by atoms with van der Waals surface area (Å²) in [4.78, 5) is 22.7. The molecule has 1 rings (SSSR count). The molecule has 1 aromatic heterocycles. The van der Waals surface area contributed by atoms with E-state index < -0.39 is 16.2 Å². The summed E-state index contributed by atoms with van der Waals surface area (Å²) in [5, 5.41) is 10.3. The molecule has 0 fully saturated rings. The number of nitrogens with one attached hydrogen (secondary N) is 1. The summed E-state index contributed by atoms with van der Waals surface area (Å²) < 4.78 is 0. The van der Waals surface area contributed by atoms with Crippen LogP contribution < -0.4 is 5.56 Å². The maximum atomic E-state index is 10.9. The number of aromatic nitrogens is 1. The Morgan fingerprint density at radius 1 is 1.67 bits per heavy atom. The molecule has 6 heteroatoms. The van der Waals surface area contributed by atoms with Gasteiger partial charge in [-0.15, -0.1) is 11.6 Å². The van der Waals surface area contributed by atoms with Gasteiger partial charge in [-0.3, -0.25) is 14.9 Å². The maximum Gasteiger partial charge on any atom is 0.338 e. The number of rotatable bonds is 2. The van der Waals surface area contributed by atoms with Crippen molar-refractivity contribution in [2.45, 2.75) is 5.88 Å². The molecule has 0 amide bonds. The fraction of sp³-hybridized carbons (Fsp3) is 0.167. The van der Waals surface area contributed by atoms with Crippen LogP contribution in [0.3, 0.4) is 0 Å². The average molecular weight is 189 g/mol. The minimum atomic E-state index is -0.740. The third kappa shape index (κ3) is 1.45. The first-order valence-electron chi connectivity index (χ1n) is 3.07. The van der Waals surface area contributed by atoms with E-state index in [2.05, 4.69) is 4.98 Å². The molecule has 0 aliphatic carbocycles. The summed E-state index contributed by atoms with van der Waals surface area (Å²) >= 11 is 5.39. The van der Waals surface area contributed by atoms with Gasteiger partial charge in [0.1, 0.15) is 0 Å². The van der Waals surface area contributed by atoms with Crippen molar-refractivity contribution in [3.8, 4) is 0 Å². The van der Waals surface area contributed by atoms with Gasteiger partial charge in [-0.1, -0.05) is 0 Å². The van der Waals surface area contributed by atoms with Gasteiger partial charge in [0.05, 0.1) is 16.4 Å². The van der Waals surface area contributed by atoms with E-state index >= 15 is 0 Å². The van der Waals surface area contributed by atoms with Crippen LogP contribution >= 0.6 is 11.6 Å². The lowest BCUT2D eigenvalue weighted by Gasteiger charge is -1.94. The van der Waals surface area contributed by atoms with Gasteiger partial charge < -0.3 is 4.98 Å². The maximum absolute atomic E-state index is 10.9. The minimum Gasteiger partial charge on any atom is -0.323 e. The molecule has 0 aromatic carbocycles. The van der Waals surface area contributed by atoms with Crippen molar-refractivity contribution in [2.24, 2.45) is 0 Å². The molecule has 0 saturated carbocycles.